The van der Waals surface area contributed by atoms with Gasteiger partial charge in [0.25, 0.3) is 0 Å². The van der Waals surface area contributed by atoms with Crippen molar-refractivity contribution in [3.8, 4) is 0 Å². The molecule has 0 radical (unpaired) electrons. The molecule has 1 aliphatic heterocycles. The fraction of sp³-hybridized carbons (Fsp3) is 0.500. The molecule has 1 aliphatic rings. The topological polar surface area (TPSA) is 52.6 Å². The van der Waals surface area contributed by atoms with Gasteiger partial charge in [0.15, 0.2) is 0 Å². The first-order valence-electron chi connectivity index (χ1n) is 6.51. The van der Waals surface area contributed by atoms with Crippen LogP contribution in [-0.4, -0.2) is 42.7 Å². The van der Waals surface area contributed by atoms with E-state index in [9.17, 15) is 4.79 Å². The van der Waals surface area contributed by atoms with E-state index < -0.39 is 5.97 Å². The largest absolute Gasteiger partial charge is 0.478 e. The lowest BCUT2D eigenvalue weighted by Gasteiger charge is -2.29. The first-order chi connectivity index (χ1) is 9.06. The second-order valence-electron chi connectivity index (χ2n) is 5.13. The molecule has 0 bridgehead atoms. The summed E-state index contributed by atoms with van der Waals surface area (Å²) in [4.78, 5) is 13.3. The van der Waals surface area contributed by atoms with Crippen LogP contribution in [0.2, 0.25) is 0 Å². The number of likely N-dealkylation sites (tertiary alicyclic amines) is 1. The van der Waals surface area contributed by atoms with Gasteiger partial charge in [0.05, 0.1) is 5.56 Å². The summed E-state index contributed by atoms with van der Waals surface area (Å²) in [7, 11) is 2.16. The molecule has 2 N–H and O–H groups in total. The normalized spacial score (nSPS) is 17.4. The maximum atomic E-state index is 10.9. The van der Waals surface area contributed by atoms with Gasteiger partial charge in [0, 0.05) is 16.7 Å². The van der Waals surface area contributed by atoms with Gasteiger partial charge < -0.3 is 15.3 Å². The smallest absolute Gasteiger partial charge is 0.336 e. The third-order valence-corrected chi connectivity index (χ3v) is 4.29. The highest BCUT2D eigenvalue weighted by atomic mass is 79.9. The van der Waals surface area contributed by atoms with Crippen molar-refractivity contribution in [3.05, 3.63) is 28.2 Å². The summed E-state index contributed by atoms with van der Waals surface area (Å²) in [5.74, 6) is -0.206. The number of nitrogens with one attached hydrogen (secondary N) is 1. The summed E-state index contributed by atoms with van der Waals surface area (Å²) in [6.45, 7) is 3.27. The molecule has 0 aliphatic carbocycles. The Morgan fingerprint density at radius 1 is 1.47 bits per heavy atom. The zero-order valence-corrected chi connectivity index (χ0v) is 12.6. The number of carbonyl (C=O) groups is 1. The number of benzene rings is 1. The van der Waals surface area contributed by atoms with Gasteiger partial charge in [-0.15, -0.1) is 0 Å². The molecule has 1 aromatic carbocycles. The third-order valence-electron chi connectivity index (χ3n) is 3.63. The highest BCUT2D eigenvalue weighted by molar-refractivity contribution is 9.10. The lowest BCUT2D eigenvalue weighted by atomic mass is 9.97. The number of carboxylic acid groups (broad SMARTS) is 1. The van der Waals surface area contributed by atoms with Crippen LogP contribution >= 0.6 is 15.9 Å². The predicted octanol–water partition coefficient (Wildman–Crippen LogP) is 2.90. The minimum atomic E-state index is -0.909. The summed E-state index contributed by atoms with van der Waals surface area (Å²) in [5, 5.41) is 12.4. The quantitative estimate of drug-likeness (QED) is 0.893. The maximum Gasteiger partial charge on any atom is 0.336 e. The Labute approximate surface area is 121 Å². The average molecular weight is 327 g/mol. The molecule has 5 heteroatoms. The van der Waals surface area contributed by atoms with E-state index in [1.807, 2.05) is 12.1 Å². The molecule has 1 heterocycles. The van der Waals surface area contributed by atoms with Crippen molar-refractivity contribution < 1.29 is 9.90 Å². The number of hydrogen-bond acceptors (Lipinski definition) is 3. The van der Waals surface area contributed by atoms with E-state index in [2.05, 4.69) is 33.2 Å². The summed E-state index contributed by atoms with van der Waals surface area (Å²) < 4.78 is 0.619. The maximum absolute atomic E-state index is 10.9. The Morgan fingerprint density at radius 3 is 2.74 bits per heavy atom. The van der Waals surface area contributed by atoms with E-state index >= 15 is 0 Å². The van der Waals surface area contributed by atoms with Crippen LogP contribution in [0.15, 0.2) is 22.7 Å². The van der Waals surface area contributed by atoms with Gasteiger partial charge in [-0.05, 0) is 73.0 Å². The minimum Gasteiger partial charge on any atom is -0.478 e. The third kappa shape index (κ3) is 3.94. The standard InChI is InChI=1S/C14H19BrN2O2/c1-17-6-4-10(5-7-17)9-16-11-2-3-12(14(18)19)13(15)8-11/h2-3,8,10,16H,4-7,9H2,1H3,(H,18,19). The molecule has 0 spiro atoms. The lowest BCUT2D eigenvalue weighted by Crippen LogP contribution is -2.32. The van der Waals surface area contributed by atoms with Gasteiger partial charge in [-0.25, -0.2) is 4.79 Å². The van der Waals surface area contributed by atoms with Crippen molar-refractivity contribution in [2.45, 2.75) is 12.8 Å². The van der Waals surface area contributed by atoms with Crippen LogP contribution in [0, 0.1) is 5.92 Å². The summed E-state index contributed by atoms with van der Waals surface area (Å²) in [6, 6.07) is 5.28. The molecular weight excluding hydrogens is 308 g/mol. The van der Waals surface area contributed by atoms with Gasteiger partial charge in [0.2, 0.25) is 0 Å². The predicted molar refractivity (Wildman–Crippen MR) is 79.8 cm³/mol. The minimum absolute atomic E-state index is 0.296. The van der Waals surface area contributed by atoms with Crippen LogP contribution in [0.1, 0.15) is 23.2 Å². The molecule has 19 heavy (non-hydrogen) atoms. The summed E-state index contributed by atoms with van der Waals surface area (Å²) in [6.07, 6.45) is 2.44. The van der Waals surface area contributed by atoms with Gasteiger partial charge in [0.1, 0.15) is 0 Å². The van der Waals surface area contributed by atoms with Crippen LogP contribution in [0.4, 0.5) is 5.69 Å². The number of anilines is 1. The van der Waals surface area contributed by atoms with Crippen LogP contribution < -0.4 is 5.32 Å². The van der Waals surface area contributed by atoms with Gasteiger partial charge in [-0.2, -0.15) is 0 Å². The number of hydrogen-bond donors (Lipinski definition) is 2. The number of halogens is 1. The van der Waals surface area contributed by atoms with Gasteiger partial charge >= 0.3 is 5.97 Å². The zero-order chi connectivity index (χ0) is 13.8. The van der Waals surface area contributed by atoms with E-state index in [1.165, 1.54) is 12.8 Å². The van der Waals surface area contributed by atoms with Crippen LogP contribution in [0.5, 0.6) is 0 Å². The molecule has 0 atom stereocenters. The Balaban J connectivity index is 1.89. The SMILES string of the molecule is CN1CCC(CNc2ccc(C(=O)O)c(Br)c2)CC1. The fourth-order valence-corrected chi connectivity index (χ4v) is 2.88. The van der Waals surface area contributed by atoms with E-state index in [1.54, 1.807) is 6.07 Å². The zero-order valence-electron chi connectivity index (χ0n) is 11.0. The van der Waals surface area contributed by atoms with Crippen LogP contribution in [-0.2, 0) is 0 Å². The lowest BCUT2D eigenvalue weighted by molar-refractivity contribution is 0.0696. The molecule has 1 saturated heterocycles. The van der Waals surface area contributed by atoms with Crippen LogP contribution in [0.3, 0.4) is 0 Å². The number of rotatable bonds is 4. The molecule has 0 saturated carbocycles. The van der Waals surface area contributed by atoms with Crippen molar-refractivity contribution in [3.63, 3.8) is 0 Å². The molecule has 0 aromatic heterocycles. The Morgan fingerprint density at radius 2 is 2.16 bits per heavy atom. The number of piperidine rings is 1. The van der Waals surface area contributed by atoms with E-state index in [0.717, 1.165) is 25.3 Å². The monoisotopic (exact) mass is 326 g/mol. The van der Waals surface area contributed by atoms with Gasteiger partial charge in [-0.1, -0.05) is 0 Å². The Hall–Kier alpha value is -1.07. The first kappa shape index (κ1) is 14.3. The van der Waals surface area contributed by atoms with Crippen molar-refractivity contribution in [1.29, 1.82) is 0 Å². The van der Waals surface area contributed by atoms with Crippen LogP contribution in [0.25, 0.3) is 0 Å². The molecule has 4 nitrogen and oxygen atoms in total. The van der Waals surface area contributed by atoms with E-state index in [0.29, 0.717) is 16.0 Å². The fourth-order valence-electron chi connectivity index (χ4n) is 2.33. The van der Waals surface area contributed by atoms with Crippen molar-refractivity contribution in [2.24, 2.45) is 5.92 Å². The number of carboxylic acids is 1. The van der Waals surface area contributed by atoms with Crippen molar-refractivity contribution in [1.82, 2.24) is 4.90 Å². The second-order valence-corrected chi connectivity index (χ2v) is 5.98. The summed E-state index contributed by atoms with van der Waals surface area (Å²) in [5.41, 5.74) is 1.26. The van der Waals surface area contributed by atoms with Crippen molar-refractivity contribution in [2.75, 3.05) is 32.0 Å². The second kappa shape index (κ2) is 6.39. The molecule has 2 rings (SSSR count). The van der Waals surface area contributed by atoms with Gasteiger partial charge in [-0.3, -0.25) is 0 Å². The van der Waals surface area contributed by atoms with Crippen molar-refractivity contribution >= 4 is 27.6 Å². The molecule has 0 unspecified atom stereocenters. The molecule has 1 aromatic rings. The highest BCUT2D eigenvalue weighted by Gasteiger charge is 2.16. The number of aromatic carboxylic acids is 1. The molecule has 1 fully saturated rings. The Kier molecular flexibility index (Phi) is 4.82. The first-order valence-corrected chi connectivity index (χ1v) is 7.31. The molecule has 104 valence electrons. The Bertz CT molecular complexity index is 457. The van der Waals surface area contributed by atoms with E-state index in [4.69, 9.17) is 5.11 Å². The highest BCUT2D eigenvalue weighted by Crippen LogP contribution is 2.23. The average Bonchev–Trinajstić information content (AvgIpc) is 2.37. The number of nitrogens with zero attached hydrogens (tertiary/aromatic N) is 1. The molecular formula is C14H19BrN2O2. The van der Waals surface area contributed by atoms with E-state index in [-0.39, 0.29) is 0 Å². The molecule has 0 amide bonds. The summed E-state index contributed by atoms with van der Waals surface area (Å²) >= 11 is 3.29.